The molecule has 24 heavy (non-hydrogen) atoms. The van der Waals surface area contributed by atoms with Crippen LogP contribution in [-0.2, 0) is 11.2 Å². The van der Waals surface area contributed by atoms with E-state index in [-0.39, 0.29) is 23.6 Å². The van der Waals surface area contributed by atoms with Crippen LogP contribution in [0.25, 0.3) is 11.3 Å². The molecular formula is C19H21NO4. The predicted octanol–water partition coefficient (Wildman–Crippen LogP) is 3.49. The van der Waals surface area contributed by atoms with Gasteiger partial charge in [-0.3, -0.25) is 9.59 Å². The number of amides is 1. The summed E-state index contributed by atoms with van der Waals surface area (Å²) in [5, 5.41) is 11.9. The van der Waals surface area contributed by atoms with E-state index in [1.165, 1.54) is 5.56 Å². The summed E-state index contributed by atoms with van der Waals surface area (Å²) in [7, 11) is 0. The van der Waals surface area contributed by atoms with E-state index in [1.807, 2.05) is 24.3 Å². The number of carboxylic acid groups (broad SMARTS) is 1. The second-order valence-corrected chi connectivity index (χ2v) is 6.23. The molecule has 0 spiro atoms. The third-order valence-electron chi connectivity index (χ3n) is 4.59. The van der Waals surface area contributed by atoms with E-state index in [2.05, 4.69) is 12.2 Å². The van der Waals surface area contributed by atoms with Crippen LogP contribution < -0.4 is 5.32 Å². The van der Waals surface area contributed by atoms with Gasteiger partial charge in [-0.2, -0.15) is 0 Å². The molecule has 1 fully saturated rings. The fourth-order valence-electron chi connectivity index (χ4n) is 3.11. The number of aryl methyl sites for hydroxylation is 1. The van der Waals surface area contributed by atoms with E-state index in [4.69, 9.17) is 9.52 Å². The molecule has 1 aliphatic rings. The molecule has 1 aromatic heterocycles. The number of aliphatic carboxylic acids is 1. The van der Waals surface area contributed by atoms with Crippen LogP contribution in [0.3, 0.4) is 0 Å². The average molecular weight is 327 g/mol. The van der Waals surface area contributed by atoms with Crippen LogP contribution >= 0.6 is 0 Å². The van der Waals surface area contributed by atoms with E-state index in [0.29, 0.717) is 25.0 Å². The van der Waals surface area contributed by atoms with Gasteiger partial charge in [-0.25, -0.2) is 0 Å². The summed E-state index contributed by atoms with van der Waals surface area (Å²) < 4.78 is 5.66. The quantitative estimate of drug-likeness (QED) is 0.881. The normalized spacial score (nSPS) is 20.0. The zero-order valence-electron chi connectivity index (χ0n) is 13.6. The molecule has 1 heterocycles. The fourth-order valence-corrected chi connectivity index (χ4v) is 3.11. The van der Waals surface area contributed by atoms with E-state index in [1.54, 1.807) is 12.1 Å². The number of hydrogen-bond donors (Lipinski definition) is 2. The molecule has 1 amide bonds. The van der Waals surface area contributed by atoms with E-state index in [9.17, 15) is 9.59 Å². The van der Waals surface area contributed by atoms with E-state index < -0.39 is 5.97 Å². The van der Waals surface area contributed by atoms with Crippen LogP contribution in [-0.4, -0.2) is 23.0 Å². The molecule has 3 rings (SSSR count). The highest BCUT2D eigenvalue weighted by Crippen LogP contribution is 2.27. The predicted molar refractivity (Wildman–Crippen MR) is 89.8 cm³/mol. The minimum atomic E-state index is -0.789. The molecule has 1 aromatic carbocycles. The Kier molecular flexibility index (Phi) is 4.69. The smallest absolute Gasteiger partial charge is 0.306 e. The van der Waals surface area contributed by atoms with Crippen LogP contribution in [0.5, 0.6) is 0 Å². The molecular weight excluding hydrogens is 306 g/mol. The number of carboxylic acids is 1. The number of furan rings is 1. The Morgan fingerprint density at radius 1 is 1.17 bits per heavy atom. The van der Waals surface area contributed by atoms with Crippen molar-refractivity contribution in [1.29, 1.82) is 0 Å². The van der Waals surface area contributed by atoms with Gasteiger partial charge < -0.3 is 14.8 Å². The first kappa shape index (κ1) is 16.3. The lowest BCUT2D eigenvalue weighted by Gasteiger charge is -2.10. The number of nitrogens with one attached hydrogen (secondary N) is 1. The second kappa shape index (κ2) is 6.91. The molecule has 2 N–H and O–H groups in total. The summed E-state index contributed by atoms with van der Waals surface area (Å²) in [5.74, 6) is -0.537. The van der Waals surface area contributed by atoms with Crippen molar-refractivity contribution in [2.24, 2.45) is 5.92 Å². The fraction of sp³-hybridized carbons (Fsp3) is 0.368. The molecule has 0 aliphatic heterocycles. The largest absolute Gasteiger partial charge is 0.481 e. The van der Waals surface area contributed by atoms with Crippen molar-refractivity contribution in [3.05, 3.63) is 47.7 Å². The summed E-state index contributed by atoms with van der Waals surface area (Å²) >= 11 is 0. The van der Waals surface area contributed by atoms with Gasteiger partial charge in [-0.1, -0.05) is 31.2 Å². The van der Waals surface area contributed by atoms with Crippen LogP contribution in [0.15, 0.2) is 40.8 Å². The highest BCUT2D eigenvalue weighted by atomic mass is 16.4. The first-order chi connectivity index (χ1) is 11.6. The first-order valence-electron chi connectivity index (χ1n) is 8.29. The molecule has 0 unspecified atom stereocenters. The monoisotopic (exact) mass is 327 g/mol. The molecule has 126 valence electrons. The average Bonchev–Trinajstić information content (AvgIpc) is 3.24. The molecule has 5 nitrogen and oxygen atoms in total. The number of rotatable bonds is 5. The van der Waals surface area contributed by atoms with Gasteiger partial charge in [-0.05, 0) is 43.4 Å². The van der Waals surface area contributed by atoms with Crippen molar-refractivity contribution in [3.8, 4) is 11.3 Å². The first-order valence-corrected chi connectivity index (χ1v) is 8.29. The maximum atomic E-state index is 12.3. The zero-order valence-corrected chi connectivity index (χ0v) is 13.6. The summed E-state index contributed by atoms with van der Waals surface area (Å²) in [6.07, 6.45) is 2.75. The Hall–Kier alpha value is -2.56. The van der Waals surface area contributed by atoms with Crippen molar-refractivity contribution in [2.75, 3.05) is 0 Å². The molecule has 0 radical (unpaired) electrons. The molecule has 5 heteroatoms. The number of carbonyl (C=O) groups is 2. The number of hydrogen-bond acceptors (Lipinski definition) is 3. The van der Waals surface area contributed by atoms with Gasteiger partial charge in [0.1, 0.15) is 5.76 Å². The third-order valence-corrected chi connectivity index (χ3v) is 4.59. The molecule has 0 saturated heterocycles. The Morgan fingerprint density at radius 3 is 2.54 bits per heavy atom. The Labute approximate surface area is 140 Å². The van der Waals surface area contributed by atoms with Gasteiger partial charge in [0.25, 0.3) is 5.91 Å². The minimum absolute atomic E-state index is 0.101. The van der Waals surface area contributed by atoms with Crippen LogP contribution in [0.4, 0.5) is 0 Å². The SMILES string of the molecule is CCc1ccc(-c2ccc(C(=O)N[C@@H]3CC[C@H](C(=O)O)C3)o2)cc1. The minimum Gasteiger partial charge on any atom is -0.481 e. The summed E-state index contributed by atoms with van der Waals surface area (Å²) in [5.41, 5.74) is 2.18. The van der Waals surface area contributed by atoms with Crippen molar-refractivity contribution in [2.45, 2.75) is 38.6 Å². The highest BCUT2D eigenvalue weighted by molar-refractivity contribution is 5.92. The third kappa shape index (κ3) is 3.50. The van der Waals surface area contributed by atoms with Gasteiger partial charge in [0, 0.05) is 11.6 Å². The van der Waals surface area contributed by atoms with Gasteiger partial charge in [0.2, 0.25) is 0 Å². The lowest BCUT2D eigenvalue weighted by Crippen LogP contribution is -2.33. The summed E-state index contributed by atoms with van der Waals surface area (Å²) in [6.45, 7) is 2.10. The topological polar surface area (TPSA) is 79.5 Å². The van der Waals surface area contributed by atoms with Crippen molar-refractivity contribution < 1.29 is 19.1 Å². The summed E-state index contributed by atoms with van der Waals surface area (Å²) in [6, 6.07) is 11.4. The van der Waals surface area contributed by atoms with Gasteiger partial charge in [0.05, 0.1) is 5.92 Å². The Morgan fingerprint density at radius 2 is 1.92 bits per heavy atom. The van der Waals surface area contributed by atoms with Crippen LogP contribution in [0.2, 0.25) is 0 Å². The summed E-state index contributed by atoms with van der Waals surface area (Å²) in [4.78, 5) is 23.2. The van der Waals surface area contributed by atoms with Crippen molar-refractivity contribution in [1.82, 2.24) is 5.32 Å². The highest BCUT2D eigenvalue weighted by Gasteiger charge is 2.31. The van der Waals surface area contributed by atoms with Crippen molar-refractivity contribution in [3.63, 3.8) is 0 Å². The number of carbonyl (C=O) groups excluding carboxylic acids is 1. The zero-order chi connectivity index (χ0) is 17.1. The van der Waals surface area contributed by atoms with Crippen LogP contribution in [0.1, 0.15) is 42.3 Å². The van der Waals surface area contributed by atoms with Gasteiger partial charge in [0.15, 0.2) is 5.76 Å². The maximum absolute atomic E-state index is 12.3. The standard InChI is InChI=1S/C19H21NO4/c1-2-12-3-5-13(6-4-12)16-9-10-17(24-16)18(21)20-15-8-7-14(11-15)19(22)23/h3-6,9-10,14-15H,2,7-8,11H2,1H3,(H,20,21)(H,22,23)/t14-,15+/m0/s1. The van der Waals surface area contributed by atoms with Crippen LogP contribution in [0, 0.1) is 5.92 Å². The van der Waals surface area contributed by atoms with Crippen molar-refractivity contribution >= 4 is 11.9 Å². The molecule has 2 atom stereocenters. The maximum Gasteiger partial charge on any atom is 0.306 e. The molecule has 1 aliphatic carbocycles. The van der Waals surface area contributed by atoms with E-state index >= 15 is 0 Å². The Bertz CT molecular complexity index is 732. The molecule has 1 saturated carbocycles. The Balaban J connectivity index is 1.64. The van der Waals surface area contributed by atoms with E-state index in [0.717, 1.165) is 12.0 Å². The lowest BCUT2D eigenvalue weighted by molar-refractivity contribution is -0.141. The number of benzene rings is 1. The second-order valence-electron chi connectivity index (χ2n) is 6.23. The molecule has 2 aromatic rings. The lowest BCUT2D eigenvalue weighted by atomic mass is 10.1. The van der Waals surface area contributed by atoms with Gasteiger partial charge in [-0.15, -0.1) is 0 Å². The van der Waals surface area contributed by atoms with Gasteiger partial charge >= 0.3 is 5.97 Å². The molecule has 0 bridgehead atoms.